The minimum Gasteiger partial charge on any atom is -0.465 e. The van der Waals surface area contributed by atoms with Crippen molar-refractivity contribution in [2.24, 2.45) is 4.99 Å². The number of sulfone groups is 1. The molecule has 1 saturated heterocycles. The van der Waals surface area contributed by atoms with Crippen molar-refractivity contribution in [2.75, 3.05) is 12.9 Å². The van der Waals surface area contributed by atoms with E-state index in [9.17, 15) is 18.0 Å². The second-order valence-electron chi connectivity index (χ2n) is 8.05. The van der Waals surface area contributed by atoms with Gasteiger partial charge in [-0.25, -0.2) is 22.9 Å². The van der Waals surface area contributed by atoms with E-state index in [0.29, 0.717) is 4.88 Å². The van der Waals surface area contributed by atoms with Crippen LogP contribution in [0.1, 0.15) is 49.2 Å². The Bertz CT molecular complexity index is 1010. The molecule has 1 aromatic rings. The Kier molecular flexibility index (Phi) is 4.64. The third-order valence-corrected chi connectivity index (χ3v) is 8.87. The van der Waals surface area contributed by atoms with Gasteiger partial charge in [-0.15, -0.1) is 11.3 Å². The fourth-order valence-corrected chi connectivity index (χ4v) is 6.81. The molecule has 3 heterocycles. The molecular formula is C17H21ClN2O6S2. The maximum atomic E-state index is 13.1. The summed E-state index contributed by atoms with van der Waals surface area (Å²) >= 11 is 7.30. The monoisotopic (exact) mass is 448 g/mol. The Balaban J connectivity index is 2.05. The van der Waals surface area contributed by atoms with Crippen molar-refractivity contribution in [1.82, 2.24) is 4.90 Å². The third kappa shape index (κ3) is 3.11. The van der Waals surface area contributed by atoms with Gasteiger partial charge in [-0.05, 0) is 40.7 Å². The van der Waals surface area contributed by atoms with E-state index < -0.39 is 37.9 Å². The summed E-state index contributed by atoms with van der Waals surface area (Å²) in [4.78, 5) is 29.1. The third-order valence-electron chi connectivity index (χ3n) is 4.57. The number of hydrogen-bond donors (Lipinski definition) is 0. The topological polar surface area (TPSA) is 102 Å². The fourth-order valence-electron chi connectivity index (χ4n) is 3.13. The molecule has 0 N–H and O–H groups in total. The second kappa shape index (κ2) is 6.17. The number of ether oxygens (including phenoxy) is 2. The van der Waals surface area contributed by atoms with E-state index in [1.807, 2.05) is 0 Å². The van der Waals surface area contributed by atoms with Crippen molar-refractivity contribution >= 4 is 50.7 Å². The van der Waals surface area contributed by atoms with E-state index in [0.717, 1.165) is 16.2 Å². The number of esters is 1. The summed E-state index contributed by atoms with van der Waals surface area (Å²) in [5.41, 5.74) is -2.02. The first kappa shape index (κ1) is 21.1. The summed E-state index contributed by atoms with van der Waals surface area (Å²) in [6.45, 7) is 8.13. The summed E-state index contributed by atoms with van der Waals surface area (Å²) in [5, 5.41) is 0.223. The van der Waals surface area contributed by atoms with Crippen LogP contribution in [-0.4, -0.2) is 54.6 Å². The largest absolute Gasteiger partial charge is 0.465 e. The molecule has 3 rings (SSSR count). The number of thiophene rings is 1. The predicted molar refractivity (Wildman–Crippen MR) is 106 cm³/mol. The van der Waals surface area contributed by atoms with Crippen LogP contribution in [-0.2, 0) is 24.8 Å². The van der Waals surface area contributed by atoms with E-state index in [1.165, 1.54) is 20.1 Å². The molecule has 11 heteroatoms. The first-order valence-electron chi connectivity index (χ1n) is 8.40. The van der Waals surface area contributed by atoms with Crippen LogP contribution in [0.25, 0.3) is 0 Å². The summed E-state index contributed by atoms with van der Waals surface area (Å²) in [5.74, 6) is -0.820. The fraction of sp³-hybridized carbons (Fsp3) is 0.588. The number of rotatable bonds is 2. The van der Waals surface area contributed by atoms with Gasteiger partial charge in [0, 0.05) is 0 Å². The van der Waals surface area contributed by atoms with Gasteiger partial charge in [0.05, 0.1) is 22.8 Å². The molecule has 2 aliphatic heterocycles. The zero-order valence-electron chi connectivity index (χ0n) is 16.3. The molecule has 1 amide bonds. The lowest BCUT2D eigenvalue weighted by Gasteiger charge is -2.28. The Hall–Kier alpha value is -1.65. The molecule has 2 aliphatic rings. The molecule has 0 bridgehead atoms. The average molecular weight is 449 g/mol. The number of amidine groups is 1. The second-order valence-corrected chi connectivity index (χ2v) is 11.8. The maximum absolute atomic E-state index is 13.1. The van der Waals surface area contributed by atoms with Gasteiger partial charge >= 0.3 is 12.1 Å². The van der Waals surface area contributed by atoms with Gasteiger partial charge in [-0.2, -0.15) is 0 Å². The predicted octanol–water partition coefficient (Wildman–Crippen LogP) is 3.20. The van der Waals surface area contributed by atoms with E-state index >= 15 is 0 Å². The summed E-state index contributed by atoms with van der Waals surface area (Å²) < 4.78 is 36.1. The molecule has 28 heavy (non-hydrogen) atoms. The molecule has 0 aliphatic carbocycles. The van der Waals surface area contributed by atoms with Crippen LogP contribution in [0.4, 0.5) is 4.79 Å². The molecule has 0 aromatic carbocycles. The van der Waals surface area contributed by atoms with Crippen LogP contribution in [0.5, 0.6) is 0 Å². The number of nitrogens with zero attached hydrogens (tertiary/aromatic N) is 2. The van der Waals surface area contributed by atoms with Crippen LogP contribution in [0.15, 0.2) is 11.1 Å². The zero-order chi connectivity index (χ0) is 21.3. The van der Waals surface area contributed by atoms with E-state index in [2.05, 4.69) is 4.99 Å². The Morgan fingerprint density at radius 3 is 2.46 bits per heavy atom. The van der Waals surface area contributed by atoms with E-state index in [-0.39, 0.29) is 21.5 Å². The molecule has 1 aromatic heterocycles. The number of carbonyl (C=O) groups excluding carboxylic acids is 2. The average Bonchev–Trinajstić information content (AvgIpc) is 2.94. The van der Waals surface area contributed by atoms with Gasteiger partial charge in [0.2, 0.25) is 4.87 Å². The van der Waals surface area contributed by atoms with E-state index in [4.69, 9.17) is 21.1 Å². The van der Waals surface area contributed by atoms with Gasteiger partial charge in [0.15, 0.2) is 15.7 Å². The summed E-state index contributed by atoms with van der Waals surface area (Å²) in [6.07, 6.45) is -0.769. The molecule has 0 saturated carbocycles. The number of amides is 1. The van der Waals surface area contributed by atoms with Crippen LogP contribution < -0.4 is 0 Å². The van der Waals surface area contributed by atoms with Crippen LogP contribution in [0.3, 0.4) is 0 Å². The van der Waals surface area contributed by atoms with Gasteiger partial charge in [0.1, 0.15) is 16.0 Å². The van der Waals surface area contributed by atoms with Crippen molar-refractivity contribution in [3.63, 3.8) is 0 Å². The van der Waals surface area contributed by atoms with Crippen molar-refractivity contribution in [2.45, 2.75) is 50.6 Å². The standard InChI is InChI=1S/C17H21ClN2O6S2/c1-15(2,3)26-14(22)20-13-17(20,5)28(23,24)8-16(4,19-13)11-9(18)7-10(27-11)12(21)25-6/h7H,8H2,1-6H3. The van der Waals surface area contributed by atoms with Gasteiger partial charge in [-0.3, -0.25) is 4.99 Å². The molecule has 154 valence electrons. The van der Waals surface area contributed by atoms with Crippen LogP contribution in [0, 0.1) is 0 Å². The lowest BCUT2D eigenvalue weighted by Crippen LogP contribution is -2.41. The highest BCUT2D eigenvalue weighted by Crippen LogP contribution is 2.52. The van der Waals surface area contributed by atoms with Gasteiger partial charge in [0.25, 0.3) is 0 Å². The molecule has 8 nitrogen and oxygen atoms in total. The van der Waals surface area contributed by atoms with Crippen LogP contribution in [0.2, 0.25) is 5.02 Å². The lowest BCUT2D eigenvalue weighted by atomic mass is 10.0. The number of hydrogen-bond acceptors (Lipinski definition) is 8. The highest BCUT2D eigenvalue weighted by atomic mass is 35.5. The molecule has 2 unspecified atom stereocenters. The molecule has 0 spiro atoms. The Morgan fingerprint density at radius 1 is 1.32 bits per heavy atom. The first-order chi connectivity index (χ1) is 12.7. The minimum absolute atomic E-state index is 0.111. The number of fused-ring (bicyclic) bond motifs is 1. The lowest BCUT2D eigenvalue weighted by molar-refractivity contribution is 0.0422. The first-order valence-corrected chi connectivity index (χ1v) is 11.2. The Labute approximate surface area is 172 Å². The number of halogens is 1. The van der Waals surface area contributed by atoms with Gasteiger partial charge < -0.3 is 9.47 Å². The minimum atomic E-state index is -3.80. The molecular weight excluding hydrogens is 428 g/mol. The quantitative estimate of drug-likeness (QED) is 0.508. The highest BCUT2D eigenvalue weighted by Gasteiger charge is 2.73. The summed E-state index contributed by atoms with van der Waals surface area (Å²) in [7, 11) is -2.55. The summed E-state index contributed by atoms with van der Waals surface area (Å²) in [6, 6.07) is 1.43. The van der Waals surface area contributed by atoms with E-state index in [1.54, 1.807) is 27.7 Å². The Morgan fingerprint density at radius 2 is 1.93 bits per heavy atom. The number of methoxy groups -OCH3 is 1. The van der Waals surface area contributed by atoms with Crippen molar-refractivity contribution < 1.29 is 27.5 Å². The van der Waals surface area contributed by atoms with Crippen LogP contribution >= 0.6 is 22.9 Å². The molecule has 0 radical (unpaired) electrons. The van der Waals surface area contributed by atoms with Gasteiger partial charge in [-0.1, -0.05) is 11.6 Å². The molecule has 1 fully saturated rings. The van der Waals surface area contributed by atoms with Crippen molar-refractivity contribution in [1.29, 1.82) is 0 Å². The molecule has 2 atom stereocenters. The number of carbonyl (C=O) groups is 2. The normalized spacial score (nSPS) is 28.2. The number of aliphatic imine (C=N–C) groups is 1. The van der Waals surface area contributed by atoms with Crippen molar-refractivity contribution in [3.8, 4) is 0 Å². The van der Waals surface area contributed by atoms with Crippen molar-refractivity contribution in [3.05, 3.63) is 20.8 Å². The highest BCUT2D eigenvalue weighted by molar-refractivity contribution is 7.94. The maximum Gasteiger partial charge on any atom is 0.417 e. The smallest absolute Gasteiger partial charge is 0.417 e. The zero-order valence-corrected chi connectivity index (χ0v) is 18.7. The SMILES string of the molecule is COC(=O)c1cc(Cl)c(C2(C)CS(=O)(=O)C3(C)C(=N2)N3C(=O)OC(C)(C)C)s1.